The molecule has 1 aromatic carbocycles. The normalized spacial score (nSPS) is 24.2. The maximum absolute atomic E-state index is 12.4. The molecule has 0 aromatic heterocycles. The van der Waals surface area contributed by atoms with Crippen molar-refractivity contribution in [2.24, 2.45) is 0 Å². The van der Waals surface area contributed by atoms with Crippen LogP contribution in [0.2, 0.25) is 0 Å². The van der Waals surface area contributed by atoms with Gasteiger partial charge in [0.2, 0.25) is 0 Å². The first-order valence-corrected chi connectivity index (χ1v) is 8.03. The van der Waals surface area contributed by atoms with E-state index < -0.39 is 17.7 Å². The molecule has 0 radical (unpaired) electrons. The molecule has 2 unspecified atom stereocenters. The van der Waals surface area contributed by atoms with E-state index in [1.165, 1.54) is 0 Å². The number of allylic oxidation sites excluding steroid dienone is 1. The van der Waals surface area contributed by atoms with E-state index >= 15 is 0 Å². The first-order chi connectivity index (χ1) is 10.8. The molecule has 2 atom stereocenters. The van der Waals surface area contributed by atoms with E-state index in [0.717, 1.165) is 5.56 Å². The van der Waals surface area contributed by atoms with Gasteiger partial charge in [-0.1, -0.05) is 30.3 Å². The Morgan fingerprint density at radius 2 is 1.83 bits per heavy atom. The summed E-state index contributed by atoms with van der Waals surface area (Å²) in [5.74, 6) is 0.493. The predicted molar refractivity (Wildman–Crippen MR) is 85.8 cm³/mol. The fourth-order valence-electron chi connectivity index (χ4n) is 3.13. The molecule has 1 heterocycles. The van der Waals surface area contributed by atoms with Crippen LogP contribution in [-0.2, 0) is 19.1 Å². The summed E-state index contributed by atoms with van der Waals surface area (Å²) in [6, 6.07) is 9.97. The highest BCUT2D eigenvalue weighted by molar-refractivity contribution is 5.99. The second-order valence-corrected chi connectivity index (χ2v) is 7.18. The van der Waals surface area contributed by atoms with Crippen LogP contribution in [0.3, 0.4) is 0 Å². The van der Waals surface area contributed by atoms with Gasteiger partial charge in [-0.05, 0) is 32.3 Å². The molecule has 0 amide bonds. The number of esters is 1. The molecule has 1 aliphatic heterocycles. The van der Waals surface area contributed by atoms with E-state index in [1.54, 1.807) is 0 Å². The number of benzene rings is 1. The topological polar surface area (TPSA) is 52.6 Å². The molecule has 3 rings (SSSR count). The number of hydrogen-bond donors (Lipinski definition) is 0. The van der Waals surface area contributed by atoms with Crippen LogP contribution in [-0.4, -0.2) is 23.5 Å². The van der Waals surface area contributed by atoms with Crippen molar-refractivity contribution in [2.75, 3.05) is 0 Å². The second kappa shape index (κ2) is 5.84. The fourth-order valence-corrected chi connectivity index (χ4v) is 3.13. The zero-order valence-corrected chi connectivity index (χ0v) is 13.8. The van der Waals surface area contributed by atoms with Crippen molar-refractivity contribution in [3.63, 3.8) is 0 Å². The van der Waals surface area contributed by atoms with Crippen LogP contribution in [0.15, 0.2) is 41.7 Å². The third kappa shape index (κ3) is 3.46. The molecule has 23 heavy (non-hydrogen) atoms. The summed E-state index contributed by atoms with van der Waals surface area (Å²) < 4.78 is 11.2. The maximum Gasteiger partial charge on any atom is 0.348 e. The van der Waals surface area contributed by atoms with E-state index in [0.29, 0.717) is 30.6 Å². The van der Waals surface area contributed by atoms with Gasteiger partial charge in [-0.3, -0.25) is 4.79 Å². The van der Waals surface area contributed by atoms with Gasteiger partial charge >= 0.3 is 5.97 Å². The molecule has 0 saturated carbocycles. The van der Waals surface area contributed by atoms with Gasteiger partial charge in [-0.15, -0.1) is 0 Å². The van der Waals surface area contributed by atoms with Crippen molar-refractivity contribution in [3.8, 4) is 0 Å². The predicted octanol–water partition coefficient (Wildman–Crippen LogP) is 3.52. The van der Waals surface area contributed by atoms with Crippen LogP contribution in [0.5, 0.6) is 0 Å². The van der Waals surface area contributed by atoms with Crippen LogP contribution in [0, 0.1) is 0 Å². The monoisotopic (exact) mass is 314 g/mol. The van der Waals surface area contributed by atoms with Gasteiger partial charge in [0.05, 0.1) is 0 Å². The first-order valence-electron chi connectivity index (χ1n) is 8.03. The quantitative estimate of drug-likeness (QED) is 0.784. The fraction of sp³-hybridized carbons (Fsp3) is 0.474. The molecule has 4 nitrogen and oxygen atoms in total. The molecule has 1 aliphatic carbocycles. The van der Waals surface area contributed by atoms with Gasteiger partial charge in [0.15, 0.2) is 11.9 Å². The lowest BCUT2D eigenvalue weighted by Crippen LogP contribution is -2.31. The Bertz CT molecular complexity index is 652. The summed E-state index contributed by atoms with van der Waals surface area (Å²) in [6.07, 6.45) is 0.806. The molecule has 0 fully saturated rings. The Kier molecular flexibility index (Phi) is 4.00. The van der Waals surface area contributed by atoms with E-state index in [4.69, 9.17) is 9.47 Å². The van der Waals surface area contributed by atoms with Gasteiger partial charge in [-0.25, -0.2) is 4.79 Å². The average molecular weight is 314 g/mol. The molecule has 0 N–H and O–H groups in total. The Hall–Kier alpha value is -2.10. The van der Waals surface area contributed by atoms with Gasteiger partial charge in [0.25, 0.3) is 0 Å². The van der Waals surface area contributed by atoms with Gasteiger partial charge in [0.1, 0.15) is 11.4 Å². The lowest BCUT2D eigenvalue weighted by molar-refractivity contribution is -0.165. The third-order valence-corrected chi connectivity index (χ3v) is 4.15. The smallest absolute Gasteiger partial charge is 0.348 e. The zero-order valence-electron chi connectivity index (χ0n) is 13.8. The first kappa shape index (κ1) is 15.8. The average Bonchev–Trinajstić information content (AvgIpc) is 2.91. The molecule has 1 aromatic rings. The Balaban J connectivity index is 1.71. The van der Waals surface area contributed by atoms with Crippen LogP contribution in [0.25, 0.3) is 0 Å². The summed E-state index contributed by atoms with van der Waals surface area (Å²) in [6.45, 7) is 5.47. The second-order valence-electron chi connectivity index (χ2n) is 7.18. The number of rotatable bonds is 2. The molecule has 122 valence electrons. The number of carbonyl (C=O) groups is 2. The zero-order chi connectivity index (χ0) is 16.6. The third-order valence-electron chi connectivity index (χ3n) is 4.15. The largest absolute Gasteiger partial charge is 0.482 e. The van der Waals surface area contributed by atoms with E-state index in [1.807, 2.05) is 51.1 Å². The number of Topliss-reactive ketones (excluding diaryl/α,β-unsaturated/α-hetero) is 1. The van der Waals surface area contributed by atoms with E-state index in [-0.39, 0.29) is 11.7 Å². The maximum atomic E-state index is 12.4. The number of ketones is 1. The van der Waals surface area contributed by atoms with Crippen molar-refractivity contribution in [3.05, 3.63) is 47.2 Å². The van der Waals surface area contributed by atoms with Crippen LogP contribution < -0.4 is 0 Å². The summed E-state index contributed by atoms with van der Waals surface area (Å²) in [4.78, 5) is 24.6. The summed E-state index contributed by atoms with van der Waals surface area (Å²) in [5, 5.41) is 0. The molecular formula is C19H22O4. The highest BCUT2D eigenvalue weighted by Gasteiger charge is 2.40. The Morgan fingerprint density at radius 3 is 2.48 bits per heavy atom. The van der Waals surface area contributed by atoms with Gasteiger partial charge in [0, 0.05) is 24.8 Å². The SMILES string of the molecule is CC(C)(C)OC(=O)C1CC2=C(CC(c3ccccc3)CC2=O)O1. The minimum absolute atomic E-state index is 0.0890. The number of ether oxygens (including phenoxy) is 2. The van der Waals surface area contributed by atoms with Crippen molar-refractivity contribution in [2.45, 2.75) is 57.7 Å². The minimum Gasteiger partial charge on any atom is -0.482 e. The highest BCUT2D eigenvalue weighted by Crippen LogP contribution is 2.41. The Morgan fingerprint density at radius 1 is 1.13 bits per heavy atom. The molecule has 0 bridgehead atoms. The van der Waals surface area contributed by atoms with Crippen LogP contribution in [0.1, 0.15) is 51.5 Å². The molecule has 0 spiro atoms. The van der Waals surface area contributed by atoms with Crippen molar-refractivity contribution < 1.29 is 19.1 Å². The summed E-state index contributed by atoms with van der Waals surface area (Å²) in [5.41, 5.74) is 1.25. The van der Waals surface area contributed by atoms with Crippen molar-refractivity contribution in [1.29, 1.82) is 0 Å². The van der Waals surface area contributed by atoms with Gasteiger partial charge < -0.3 is 9.47 Å². The minimum atomic E-state index is -0.683. The number of hydrogen-bond acceptors (Lipinski definition) is 4. The lowest BCUT2D eigenvalue weighted by Gasteiger charge is -2.23. The lowest BCUT2D eigenvalue weighted by atomic mass is 9.82. The molecular weight excluding hydrogens is 292 g/mol. The van der Waals surface area contributed by atoms with Gasteiger partial charge in [-0.2, -0.15) is 0 Å². The van der Waals surface area contributed by atoms with Crippen LogP contribution >= 0.6 is 0 Å². The molecule has 0 saturated heterocycles. The summed E-state index contributed by atoms with van der Waals surface area (Å²) >= 11 is 0. The van der Waals surface area contributed by atoms with E-state index in [2.05, 4.69) is 0 Å². The molecule has 4 heteroatoms. The standard InChI is InChI=1S/C19H22O4/c1-19(2,3)23-18(21)17-11-14-15(20)9-13(10-16(14)22-17)12-7-5-4-6-8-12/h4-8,13,17H,9-11H2,1-3H3. The van der Waals surface area contributed by atoms with Crippen LogP contribution in [0.4, 0.5) is 0 Å². The highest BCUT2D eigenvalue weighted by atomic mass is 16.6. The van der Waals surface area contributed by atoms with Crippen molar-refractivity contribution >= 4 is 11.8 Å². The van der Waals surface area contributed by atoms with E-state index in [9.17, 15) is 9.59 Å². The Labute approximate surface area is 136 Å². The number of carbonyl (C=O) groups excluding carboxylic acids is 2. The molecule has 2 aliphatic rings. The van der Waals surface area contributed by atoms with Crippen molar-refractivity contribution in [1.82, 2.24) is 0 Å². The summed E-state index contributed by atoms with van der Waals surface area (Å²) in [7, 11) is 0.